The van der Waals surface area contributed by atoms with Gasteiger partial charge in [0.25, 0.3) is 0 Å². The predicted molar refractivity (Wildman–Crippen MR) is 65.5 cm³/mol. The minimum Gasteiger partial charge on any atom is -0.488 e. The van der Waals surface area contributed by atoms with Crippen LogP contribution < -0.4 is 4.74 Å². The van der Waals surface area contributed by atoms with Crippen molar-refractivity contribution in [3.05, 3.63) is 28.8 Å². The summed E-state index contributed by atoms with van der Waals surface area (Å²) in [6, 6.07) is 5.53. The average molecular weight is 261 g/mol. The fraction of sp³-hybridized carbons (Fsp3) is 0.500. The summed E-state index contributed by atoms with van der Waals surface area (Å²) in [6.07, 6.45) is 2.22. The van der Waals surface area contributed by atoms with Gasteiger partial charge in [0.2, 0.25) is 0 Å². The van der Waals surface area contributed by atoms with E-state index in [0.29, 0.717) is 17.5 Å². The number of hydrogen-bond acceptors (Lipinski definition) is 2. The lowest BCUT2D eigenvalue weighted by Gasteiger charge is -2.24. The molecule has 88 valence electrons. The third-order valence-corrected chi connectivity index (χ3v) is 3.10. The summed E-state index contributed by atoms with van der Waals surface area (Å²) in [5.74, 6) is 1.22. The second kappa shape index (κ2) is 5.76. The standard InChI is InChI=1S/C12H14Cl2O2/c13-7-9-6-10(14)3-4-12(9)16-11-2-1-5-15-8-11/h3-4,6,11H,1-2,5,7-8H2. The second-order valence-electron chi connectivity index (χ2n) is 3.84. The van der Waals surface area contributed by atoms with Gasteiger partial charge in [-0.1, -0.05) is 11.6 Å². The van der Waals surface area contributed by atoms with Gasteiger partial charge in [-0.2, -0.15) is 0 Å². The van der Waals surface area contributed by atoms with Crippen LogP contribution in [0.4, 0.5) is 0 Å². The van der Waals surface area contributed by atoms with Crippen molar-refractivity contribution in [3.63, 3.8) is 0 Å². The number of benzene rings is 1. The normalized spacial score (nSPS) is 20.8. The minimum atomic E-state index is 0.136. The van der Waals surface area contributed by atoms with Gasteiger partial charge < -0.3 is 9.47 Å². The Bertz CT molecular complexity index is 349. The predicted octanol–water partition coefficient (Wildman–Crippen LogP) is 3.64. The molecule has 1 aromatic carbocycles. The van der Waals surface area contributed by atoms with E-state index < -0.39 is 0 Å². The van der Waals surface area contributed by atoms with E-state index in [4.69, 9.17) is 32.7 Å². The van der Waals surface area contributed by atoms with Crippen LogP contribution >= 0.6 is 23.2 Å². The lowest BCUT2D eigenvalue weighted by molar-refractivity contribution is 0.00712. The van der Waals surface area contributed by atoms with Gasteiger partial charge in [-0.05, 0) is 31.0 Å². The Morgan fingerprint density at radius 2 is 2.31 bits per heavy atom. The Hall–Kier alpha value is -0.440. The molecule has 0 radical (unpaired) electrons. The van der Waals surface area contributed by atoms with Crippen LogP contribution in [0.3, 0.4) is 0 Å². The topological polar surface area (TPSA) is 18.5 Å². The number of hydrogen-bond donors (Lipinski definition) is 0. The fourth-order valence-electron chi connectivity index (χ4n) is 1.75. The molecule has 1 aliphatic rings. The van der Waals surface area contributed by atoms with Gasteiger partial charge in [-0.3, -0.25) is 0 Å². The molecule has 0 bridgehead atoms. The Balaban J connectivity index is 2.07. The van der Waals surface area contributed by atoms with Gasteiger partial charge in [0, 0.05) is 17.2 Å². The van der Waals surface area contributed by atoms with Crippen LogP contribution in [0.1, 0.15) is 18.4 Å². The van der Waals surface area contributed by atoms with Gasteiger partial charge in [0.1, 0.15) is 11.9 Å². The maximum Gasteiger partial charge on any atom is 0.124 e. The molecule has 2 rings (SSSR count). The van der Waals surface area contributed by atoms with E-state index in [1.165, 1.54) is 0 Å². The molecule has 1 heterocycles. The van der Waals surface area contributed by atoms with Gasteiger partial charge in [0.15, 0.2) is 0 Å². The number of ether oxygens (including phenoxy) is 2. The van der Waals surface area contributed by atoms with Crippen LogP contribution in [0.25, 0.3) is 0 Å². The number of halogens is 2. The summed E-state index contributed by atoms with van der Waals surface area (Å²) < 4.78 is 11.2. The van der Waals surface area contributed by atoms with Crippen molar-refractivity contribution >= 4 is 23.2 Å². The van der Waals surface area contributed by atoms with Crippen molar-refractivity contribution in [2.75, 3.05) is 13.2 Å². The van der Waals surface area contributed by atoms with Crippen LogP contribution in [0.5, 0.6) is 5.75 Å². The van der Waals surface area contributed by atoms with Crippen LogP contribution in [0.15, 0.2) is 18.2 Å². The van der Waals surface area contributed by atoms with Crippen LogP contribution in [-0.4, -0.2) is 19.3 Å². The molecule has 0 aliphatic carbocycles. The maximum absolute atomic E-state index is 5.90. The monoisotopic (exact) mass is 260 g/mol. The molecular weight excluding hydrogens is 247 g/mol. The molecular formula is C12H14Cl2O2. The van der Waals surface area contributed by atoms with Crippen molar-refractivity contribution in [1.82, 2.24) is 0 Å². The SMILES string of the molecule is ClCc1cc(Cl)ccc1OC1CCCOC1. The lowest BCUT2D eigenvalue weighted by Crippen LogP contribution is -2.28. The van der Waals surface area contributed by atoms with E-state index in [-0.39, 0.29) is 6.10 Å². The summed E-state index contributed by atoms with van der Waals surface area (Å²) in [4.78, 5) is 0. The molecule has 0 amide bonds. The van der Waals surface area contributed by atoms with Gasteiger partial charge >= 0.3 is 0 Å². The molecule has 1 aliphatic heterocycles. The Kier molecular flexibility index (Phi) is 4.33. The summed E-state index contributed by atoms with van der Waals surface area (Å²) in [6.45, 7) is 1.49. The molecule has 4 heteroatoms. The van der Waals surface area contributed by atoms with Crippen molar-refractivity contribution in [1.29, 1.82) is 0 Å². The van der Waals surface area contributed by atoms with E-state index >= 15 is 0 Å². The lowest BCUT2D eigenvalue weighted by atomic mass is 10.1. The number of alkyl halides is 1. The third kappa shape index (κ3) is 3.03. The second-order valence-corrected chi connectivity index (χ2v) is 4.55. The Morgan fingerprint density at radius 3 is 3.00 bits per heavy atom. The van der Waals surface area contributed by atoms with Crippen molar-refractivity contribution in [3.8, 4) is 5.75 Å². The van der Waals surface area contributed by atoms with Gasteiger partial charge in [-0.25, -0.2) is 0 Å². The highest BCUT2D eigenvalue weighted by Gasteiger charge is 2.16. The van der Waals surface area contributed by atoms with Crippen LogP contribution in [0, 0.1) is 0 Å². The molecule has 2 nitrogen and oxygen atoms in total. The summed E-state index contributed by atoms with van der Waals surface area (Å²) >= 11 is 11.8. The van der Waals surface area contributed by atoms with Crippen molar-refractivity contribution < 1.29 is 9.47 Å². The van der Waals surface area contributed by atoms with Crippen molar-refractivity contribution in [2.45, 2.75) is 24.8 Å². The van der Waals surface area contributed by atoms with Gasteiger partial charge in [-0.15, -0.1) is 11.6 Å². The zero-order chi connectivity index (χ0) is 11.4. The highest BCUT2D eigenvalue weighted by atomic mass is 35.5. The van der Waals surface area contributed by atoms with E-state index in [2.05, 4.69) is 0 Å². The minimum absolute atomic E-state index is 0.136. The first kappa shape index (κ1) is 12.0. The summed E-state index contributed by atoms with van der Waals surface area (Å²) in [7, 11) is 0. The molecule has 0 saturated carbocycles. The summed E-state index contributed by atoms with van der Waals surface area (Å²) in [5.41, 5.74) is 0.930. The highest BCUT2D eigenvalue weighted by Crippen LogP contribution is 2.26. The summed E-state index contributed by atoms with van der Waals surface area (Å²) in [5, 5.41) is 0.683. The molecule has 1 atom stereocenters. The zero-order valence-electron chi connectivity index (χ0n) is 8.92. The first-order valence-electron chi connectivity index (χ1n) is 5.38. The number of rotatable bonds is 3. The fourth-order valence-corrected chi connectivity index (χ4v) is 2.15. The highest BCUT2D eigenvalue weighted by molar-refractivity contribution is 6.30. The zero-order valence-corrected chi connectivity index (χ0v) is 10.4. The van der Waals surface area contributed by atoms with Crippen molar-refractivity contribution in [2.24, 2.45) is 0 Å². The van der Waals surface area contributed by atoms with E-state index in [9.17, 15) is 0 Å². The van der Waals surface area contributed by atoms with Crippen LogP contribution in [-0.2, 0) is 10.6 Å². The molecule has 0 N–H and O–H groups in total. The Labute approximate surface area is 105 Å². The largest absolute Gasteiger partial charge is 0.488 e. The third-order valence-electron chi connectivity index (χ3n) is 2.58. The van der Waals surface area contributed by atoms with E-state index in [0.717, 1.165) is 30.8 Å². The first-order valence-corrected chi connectivity index (χ1v) is 6.29. The molecule has 1 aromatic rings. The molecule has 1 unspecified atom stereocenters. The smallest absolute Gasteiger partial charge is 0.124 e. The van der Waals surface area contributed by atoms with E-state index in [1.807, 2.05) is 18.2 Å². The molecule has 1 fully saturated rings. The van der Waals surface area contributed by atoms with E-state index in [1.54, 1.807) is 0 Å². The Morgan fingerprint density at radius 1 is 1.44 bits per heavy atom. The quantitative estimate of drug-likeness (QED) is 0.773. The first-order chi connectivity index (χ1) is 7.79. The average Bonchev–Trinajstić information content (AvgIpc) is 2.33. The maximum atomic E-state index is 5.90. The van der Waals surface area contributed by atoms with Gasteiger partial charge in [0.05, 0.1) is 12.5 Å². The molecule has 16 heavy (non-hydrogen) atoms. The molecule has 0 aromatic heterocycles. The van der Waals surface area contributed by atoms with Crippen LogP contribution in [0.2, 0.25) is 5.02 Å². The molecule has 1 saturated heterocycles. The molecule has 0 spiro atoms.